The van der Waals surface area contributed by atoms with Gasteiger partial charge in [0.15, 0.2) is 0 Å². The zero-order valence-corrected chi connectivity index (χ0v) is 22.4. The summed E-state index contributed by atoms with van der Waals surface area (Å²) in [5.74, 6) is 2.63. The zero-order chi connectivity index (χ0) is 29.7. The summed E-state index contributed by atoms with van der Waals surface area (Å²) < 4.78 is 65.6. The smallest absolute Gasteiger partial charge is 0.490 e. The molecule has 3 aromatic carbocycles. The van der Waals surface area contributed by atoms with Crippen LogP contribution >= 0.6 is 11.6 Å². The van der Waals surface area contributed by atoms with E-state index in [0.717, 1.165) is 16.5 Å². The minimum atomic E-state index is -5.08. The van der Waals surface area contributed by atoms with Crippen molar-refractivity contribution in [2.75, 3.05) is 13.7 Å². The molecule has 0 aromatic heterocycles. The van der Waals surface area contributed by atoms with Crippen molar-refractivity contribution in [2.45, 2.75) is 30.1 Å². The number of ether oxygens (including phenoxy) is 1. The highest BCUT2D eigenvalue weighted by Gasteiger charge is 2.38. The maximum atomic E-state index is 13.0. The number of alkyl halides is 3. The molecule has 1 aliphatic rings. The molecule has 0 bridgehead atoms. The second-order valence-electron chi connectivity index (χ2n) is 8.51. The van der Waals surface area contributed by atoms with Gasteiger partial charge in [0.05, 0.1) is 23.2 Å². The van der Waals surface area contributed by atoms with Gasteiger partial charge in [0, 0.05) is 18.5 Å². The number of sulfonamides is 1. The highest BCUT2D eigenvalue weighted by Crippen LogP contribution is 2.34. The van der Waals surface area contributed by atoms with Crippen LogP contribution in [0.5, 0.6) is 5.75 Å². The second-order valence-corrected chi connectivity index (χ2v) is 10.6. The third-order valence-corrected chi connectivity index (χ3v) is 7.67. The van der Waals surface area contributed by atoms with E-state index in [1.807, 2.05) is 24.3 Å². The Kier molecular flexibility index (Phi) is 9.60. The maximum absolute atomic E-state index is 13.0. The quantitative estimate of drug-likeness (QED) is 0.213. The fraction of sp³-hybridized carbons (Fsp3) is 0.240. The molecule has 3 aromatic rings. The lowest BCUT2D eigenvalue weighted by atomic mass is 10.1. The third-order valence-electron chi connectivity index (χ3n) is 5.81. The maximum Gasteiger partial charge on any atom is 0.490 e. The number of halogens is 4. The van der Waals surface area contributed by atoms with E-state index >= 15 is 0 Å². The van der Waals surface area contributed by atoms with Crippen molar-refractivity contribution < 1.29 is 41.0 Å². The number of nitrogens with two attached hydrogens (primary N) is 1. The van der Waals surface area contributed by atoms with E-state index in [1.54, 1.807) is 23.1 Å². The molecule has 0 radical (unpaired) electrons. The number of rotatable bonds is 7. The molecule has 0 aliphatic carbocycles. The van der Waals surface area contributed by atoms with Crippen LogP contribution in [0.3, 0.4) is 0 Å². The van der Waals surface area contributed by atoms with Crippen LogP contribution in [0.4, 0.5) is 13.2 Å². The van der Waals surface area contributed by atoms with Crippen molar-refractivity contribution in [3.8, 4) is 5.75 Å². The number of nitrogens with one attached hydrogen (secondary N) is 1. The van der Waals surface area contributed by atoms with Crippen molar-refractivity contribution in [3.05, 3.63) is 70.7 Å². The van der Waals surface area contributed by atoms with Gasteiger partial charge in [-0.25, -0.2) is 13.2 Å². The molecule has 1 aliphatic heterocycles. The lowest BCUT2D eigenvalue weighted by Crippen LogP contribution is -2.41. The van der Waals surface area contributed by atoms with Crippen LogP contribution in [-0.4, -0.2) is 62.4 Å². The van der Waals surface area contributed by atoms with Crippen molar-refractivity contribution >= 4 is 50.5 Å². The summed E-state index contributed by atoms with van der Waals surface area (Å²) in [5.41, 5.74) is 1.73. The fourth-order valence-electron chi connectivity index (χ4n) is 3.91. The van der Waals surface area contributed by atoms with Gasteiger partial charge < -0.3 is 20.6 Å². The Hall–Kier alpha value is -3.88. The predicted octanol–water partition coefficient (Wildman–Crippen LogP) is 3.51. The monoisotopic (exact) mass is 600 g/mol. The van der Waals surface area contributed by atoms with Gasteiger partial charge in [-0.2, -0.15) is 23.0 Å². The number of nitrogens with zero attached hydrogens (tertiary/aromatic N) is 2. The van der Waals surface area contributed by atoms with Crippen LogP contribution in [0, 0.1) is 0 Å². The molecule has 4 rings (SSSR count). The van der Waals surface area contributed by atoms with E-state index in [0.29, 0.717) is 35.7 Å². The molecule has 40 heavy (non-hydrogen) atoms. The number of carboxylic acid groups (broad SMARTS) is 1. The molecule has 1 amide bonds. The van der Waals surface area contributed by atoms with E-state index in [2.05, 4.69) is 9.82 Å². The number of hydrazone groups is 1. The van der Waals surface area contributed by atoms with Crippen molar-refractivity contribution in [1.29, 1.82) is 0 Å². The normalized spacial score (nSPS) is 15.8. The first-order valence-corrected chi connectivity index (χ1v) is 13.3. The number of carbonyl (C=O) groups excluding carboxylic acids is 1. The van der Waals surface area contributed by atoms with Crippen LogP contribution < -0.4 is 15.3 Å². The standard InChI is InChI=1S/C23H23ClN4O4S.C2HF3O2/c1-32-21-8-6-17-5-7-18(12-19(17)22(21)24)33(30,31)27-20-9-10-28(23(20)29)14-16-4-2-3-15(11-16)13-26-25;3-2(4,5)1(6)7/h2-8,11-13,20,27H,9-10,14,25H2,1H3;(H,6,7)/t20-;/m0./s1. The van der Waals surface area contributed by atoms with Crippen LogP contribution in [-0.2, 0) is 26.2 Å². The largest absolute Gasteiger partial charge is 0.495 e. The van der Waals surface area contributed by atoms with E-state index in [9.17, 15) is 26.4 Å². The minimum absolute atomic E-state index is 0.0326. The molecule has 1 fully saturated rings. The third kappa shape index (κ3) is 7.40. The molecule has 1 heterocycles. The molecule has 1 saturated heterocycles. The minimum Gasteiger partial charge on any atom is -0.495 e. The highest BCUT2D eigenvalue weighted by molar-refractivity contribution is 7.89. The molecule has 4 N–H and O–H groups in total. The van der Waals surface area contributed by atoms with Crippen LogP contribution in [0.15, 0.2) is 64.6 Å². The van der Waals surface area contributed by atoms with Gasteiger partial charge in [-0.05, 0) is 47.2 Å². The number of likely N-dealkylation sites (tertiary alicyclic amines) is 1. The van der Waals surface area contributed by atoms with E-state index in [1.165, 1.54) is 25.5 Å². The summed E-state index contributed by atoms with van der Waals surface area (Å²) in [6.45, 7) is 0.816. The van der Waals surface area contributed by atoms with Gasteiger partial charge >= 0.3 is 12.1 Å². The Balaban J connectivity index is 0.000000559. The molecule has 0 unspecified atom stereocenters. The van der Waals surface area contributed by atoms with E-state index in [4.69, 9.17) is 32.1 Å². The summed E-state index contributed by atoms with van der Waals surface area (Å²) in [4.78, 5) is 23.5. The lowest BCUT2D eigenvalue weighted by molar-refractivity contribution is -0.192. The summed E-state index contributed by atoms with van der Waals surface area (Å²) in [6.07, 6.45) is -3.18. The van der Waals surface area contributed by atoms with Crippen LogP contribution in [0.25, 0.3) is 10.8 Å². The molecular weight excluding hydrogens is 577 g/mol. The van der Waals surface area contributed by atoms with Gasteiger partial charge in [0.1, 0.15) is 11.8 Å². The fourth-order valence-corrected chi connectivity index (χ4v) is 5.46. The first-order chi connectivity index (χ1) is 18.8. The van der Waals surface area contributed by atoms with Gasteiger partial charge in [0.2, 0.25) is 15.9 Å². The molecule has 0 spiro atoms. The average molecular weight is 601 g/mol. The molecular formula is C25H24ClF3N4O6S. The number of amides is 1. The first-order valence-electron chi connectivity index (χ1n) is 11.5. The number of hydrogen-bond acceptors (Lipinski definition) is 7. The summed E-state index contributed by atoms with van der Waals surface area (Å²) in [7, 11) is -2.45. The number of hydrogen-bond donors (Lipinski definition) is 3. The number of aliphatic carboxylic acids is 1. The lowest BCUT2D eigenvalue weighted by Gasteiger charge is -2.18. The summed E-state index contributed by atoms with van der Waals surface area (Å²) in [6, 6.07) is 14.8. The molecule has 214 valence electrons. The molecule has 10 nitrogen and oxygen atoms in total. The van der Waals surface area contributed by atoms with Crippen LogP contribution in [0.1, 0.15) is 17.5 Å². The topological polar surface area (TPSA) is 151 Å². The first kappa shape index (κ1) is 30.7. The number of fused-ring (bicyclic) bond motifs is 1. The molecule has 1 atom stereocenters. The Labute approximate surface area is 232 Å². The SMILES string of the molecule is COc1ccc2ccc(S(=O)(=O)N[C@H]3CCN(Cc4cccc(C=NN)c4)C3=O)cc2c1Cl.O=C(O)C(F)(F)F. The Morgan fingerprint density at radius 3 is 2.55 bits per heavy atom. The Morgan fingerprint density at radius 2 is 1.93 bits per heavy atom. The van der Waals surface area contributed by atoms with Gasteiger partial charge in [-0.1, -0.05) is 41.9 Å². The number of carbonyl (C=O) groups is 2. The van der Waals surface area contributed by atoms with Gasteiger partial charge in [-0.15, -0.1) is 0 Å². The van der Waals surface area contributed by atoms with Gasteiger partial charge in [-0.3, -0.25) is 4.79 Å². The predicted molar refractivity (Wildman–Crippen MR) is 142 cm³/mol. The van der Waals surface area contributed by atoms with Crippen molar-refractivity contribution in [1.82, 2.24) is 9.62 Å². The number of benzene rings is 3. The summed E-state index contributed by atoms with van der Waals surface area (Å²) in [5, 5.41) is 12.3. The Morgan fingerprint density at radius 1 is 1.25 bits per heavy atom. The second kappa shape index (κ2) is 12.5. The van der Waals surface area contributed by atoms with Crippen LogP contribution in [0.2, 0.25) is 5.02 Å². The average Bonchev–Trinajstić information content (AvgIpc) is 3.22. The Bertz CT molecular complexity index is 1550. The van der Waals surface area contributed by atoms with Gasteiger partial charge in [0.25, 0.3) is 0 Å². The molecule has 15 heteroatoms. The van der Waals surface area contributed by atoms with E-state index < -0.39 is 28.2 Å². The number of methoxy groups -OCH3 is 1. The zero-order valence-electron chi connectivity index (χ0n) is 20.9. The summed E-state index contributed by atoms with van der Waals surface area (Å²) >= 11 is 6.37. The number of carboxylic acids is 1. The highest BCUT2D eigenvalue weighted by atomic mass is 35.5. The van der Waals surface area contributed by atoms with Crippen molar-refractivity contribution in [3.63, 3.8) is 0 Å². The molecule has 0 saturated carbocycles. The van der Waals surface area contributed by atoms with E-state index in [-0.39, 0.29) is 10.8 Å². The van der Waals surface area contributed by atoms with Crippen molar-refractivity contribution in [2.24, 2.45) is 10.9 Å².